The molecule has 4 rings (SSSR count). The maximum atomic E-state index is 5.95. The van der Waals surface area contributed by atoms with Gasteiger partial charge in [0.1, 0.15) is 0 Å². The van der Waals surface area contributed by atoms with E-state index in [9.17, 15) is 0 Å². The van der Waals surface area contributed by atoms with E-state index in [1.54, 1.807) is 3.97 Å². The first-order chi connectivity index (χ1) is 11.2. The van der Waals surface area contributed by atoms with E-state index in [1.807, 2.05) is 30.6 Å². The topological polar surface area (TPSA) is 30.3 Å². The van der Waals surface area contributed by atoms with Gasteiger partial charge in [0.2, 0.25) is 0 Å². The molecule has 23 heavy (non-hydrogen) atoms. The highest BCUT2D eigenvalue weighted by Crippen LogP contribution is 2.29. The molecular weight excluding hydrogens is 421 g/mol. The van der Waals surface area contributed by atoms with Crippen molar-refractivity contribution in [1.82, 2.24) is 8.96 Å². The van der Waals surface area contributed by atoms with Gasteiger partial charge in [-0.3, -0.25) is 3.97 Å². The van der Waals surface area contributed by atoms with Crippen molar-refractivity contribution in [3.05, 3.63) is 57.9 Å². The average molecular weight is 437 g/mol. The normalized spacial score (nSPS) is 15.1. The largest absolute Gasteiger partial charge is 0.370 e. The van der Waals surface area contributed by atoms with Crippen LogP contribution in [0.4, 0.5) is 5.69 Å². The van der Waals surface area contributed by atoms with Crippen LogP contribution in [0.25, 0.3) is 11.0 Å². The van der Waals surface area contributed by atoms with Gasteiger partial charge in [-0.25, -0.2) is 4.98 Å². The number of halogens is 1. The van der Waals surface area contributed by atoms with E-state index < -0.39 is 0 Å². The Bertz CT molecular complexity index is 830. The Balaban J connectivity index is 1.39. The number of aromatic nitrogens is 2. The van der Waals surface area contributed by atoms with Crippen LogP contribution in [-0.2, 0) is 11.3 Å². The fraction of sp³-hybridized carbons (Fsp3) is 0.235. The van der Waals surface area contributed by atoms with Crippen LogP contribution in [0, 0.1) is 3.57 Å². The number of fused-ring (bicyclic) bond motifs is 1. The fourth-order valence-electron chi connectivity index (χ4n) is 2.76. The summed E-state index contributed by atoms with van der Waals surface area (Å²) >= 11 is 6.71. The second-order valence-electron chi connectivity index (χ2n) is 5.71. The first kappa shape index (κ1) is 15.3. The van der Waals surface area contributed by atoms with Crippen molar-refractivity contribution >= 4 is 52.1 Å². The Morgan fingerprint density at radius 3 is 2.83 bits per heavy atom. The molecule has 1 aliphatic rings. The predicted octanol–water partition coefficient (Wildman–Crippen LogP) is 3.74. The Morgan fingerprint density at radius 1 is 1.26 bits per heavy atom. The second kappa shape index (κ2) is 6.33. The molecule has 0 saturated carbocycles. The van der Waals surface area contributed by atoms with E-state index in [-0.39, 0.29) is 0 Å². The number of thiol groups is 1. The zero-order valence-corrected chi connectivity index (χ0v) is 15.4. The number of hydrogen-bond donors (Lipinski definition) is 1. The highest BCUT2D eigenvalue weighted by atomic mass is 127. The quantitative estimate of drug-likeness (QED) is 0.499. The third-order valence-electron chi connectivity index (χ3n) is 4.10. The van der Waals surface area contributed by atoms with Crippen LogP contribution < -0.4 is 4.90 Å². The van der Waals surface area contributed by atoms with Gasteiger partial charge in [0.25, 0.3) is 0 Å². The van der Waals surface area contributed by atoms with Gasteiger partial charge in [-0.15, -0.1) is 0 Å². The molecule has 0 spiro atoms. The molecule has 1 fully saturated rings. The minimum absolute atomic E-state index is 0.291. The number of benzene rings is 1. The van der Waals surface area contributed by atoms with Gasteiger partial charge in [-0.2, -0.15) is 0 Å². The van der Waals surface area contributed by atoms with E-state index in [0.29, 0.717) is 12.7 Å². The summed E-state index contributed by atoms with van der Waals surface area (Å²) < 4.78 is 8.88. The molecule has 1 aliphatic heterocycles. The number of anilines is 1. The highest BCUT2D eigenvalue weighted by molar-refractivity contribution is 14.1. The van der Waals surface area contributed by atoms with Crippen molar-refractivity contribution < 1.29 is 4.74 Å². The first-order valence-corrected chi connectivity index (χ1v) is 8.95. The van der Waals surface area contributed by atoms with Gasteiger partial charge in [-0.05, 0) is 34.2 Å². The molecule has 2 aromatic heterocycles. The minimum atomic E-state index is 0.291. The molecule has 3 heterocycles. The summed E-state index contributed by atoms with van der Waals surface area (Å²) in [5, 5.41) is 1.15. The van der Waals surface area contributed by atoms with Crippen LogP contribution in [0.5, 0.6) is 0 Å². The van der Waals surface area contributed by atoms with Crippen molar-refractivity contribution in [2.75, 3.05) is 18.0 Å². The fourth-order valence-corrected chi connectivity index (χ4v) is 3.93. The zero-order chi connectivity index (χ0) is 15.8. The van der Waals surface area contributed by atoms with Crippen LogP contribution in [0.1, 0.15) is 5.56 Å². The molecule has 0 radical (unpaired) electrons. The van der Waals surface area contributed by atoms with E-state index in [1.165, 1.54) is 9.13 Å². The Morgan fingerprint density at radius 2 is 2.04 bits per heavy atom. The molecule has 0 atom stereocenters. The van der Waals surface area contributed by atoms with E-state index >= 15 is 0 Å². The smallest absolute Gasteiger partial charge is 0.150 e. The number of rotatable bonds is 4. The van der Waals surface area contributed by atoms with E-state index in [2.05, 4.69) is 63.5 Å². The first-order valence-electron chi connectivity index (χ1n) is 7.47. The number of nitrogens with zero attached hydrogens (tertiary/aromatic N) is 3. The number of hydrogen-bond acceptors (Lipinski definition) is 4. The molecule has 0 aliphatic carbocycles. The van der Waals surface area contributed by atoms with Crippen LogP contribution in [-0.4, -0.2) is 28.1 Å². The number of pyridine rings is 1. The van der Waals surface area contributed by atoms with Crippen molar-refractivity contribution in [3.63, 3.8) is 0 Å². The van der Waals surface area contributed by atoms with Crippen molar-refractivity contribution in [2.24, 2.45) is 0 Å². The molecule has 0 unspecified atom stereocenters. The van der Waals surface area contributed by atoms with Gasteiger partial charge >= 0.3 is 0 Å². The van der Waals surface area contributed by atoms with Crippen molar-refractivity contribution in [3.8, 4) is 0 Å². The van der Waals surface area contributed by atoms with Gasteiger partial charge in [-0.1, -0.05) is 43.1 Å². The summed E-state index contributed by atoms with van der Waals surface area (Å²) in [7, 11) is 0. The average Bonchev–Trinajstić information content (AvgIpc) is 2.81. The van der Waals surface area contributed by atoms with Gasteiger partial charge in [0.15, 0.2) is 5.65 Å². The van der Waals surface area contributed by atoms with Crippen LogP contribution >= 0.6 is 35.4 Å². The summed E-state index contributed by atoms with van der Waals surface area (Å²) in [6.07, 6.45) is 4.19. The Hall–Kier alpha value is -1.25. The molecule has 0 amide bonds. The highest BCUT2D eigenvalue weighted by Gasteiger charge is 2.28. The number of ether oxygens (including phenoxy) is 1. The zero-order valence-electron chi connectivity index (χ0n) is 12.4. The van der Waals surface area contributed by atoms with Gasteiger partial charge in [0, 0.05) is 28.2 Å². The summed E-state index contributed by atoms with van der Waals surface area (Å²) in [6.45, 7) is 2.51. The van der Waals surface area contributed by atoms with Crippen LogP contribution in [0.3, 0.4) is 0 Å². The third kappa shape index (κ3) is 3.07. The summed E-state index contributed by atoms with van der Waals surface area (Å²) in [6, 6.07) is 12.5. The van der Waals surface area contributed by atoms with Crippen LogP contribution in [0.15, 0.2) is 48.8 Å². The second-order valence-corrected chi connectivity index (χ2v) is 7.30. The minimum Gasteiger partial charge on any atom is -0.370 e. The van der Waals surface area contributed by atoms with Crippen LogP contribution in [0.2, 0.25) is 0 Å². The summed E-state index contributed by atoms with van der Waals surface area (Å²) in [5.41, 5.74) is 3.27. The monoisotopic (exact) mass is 437 g/mol. The molecule has 3 aromatic rings. The lowest BCUT2D eigenvalue weighted by Gasteiger charge is -2.40. The molecule has 0 bridgehead atoms. The van der Waals surface area contributed by atoms with Gasteiger partial charge < -0.3 is 9.64 Å². The van der Waals surface area contributed by atoms with E-state index in [0.717, 1.165) is 29.8 Å². The summed E-state index contributed by atoms with van der Waals surface area (Å²) in [5.74, 6) is 0. The predicted molar refractivity (Wildman–Crippen MR) is 104 cm³/mol. The van der Waals surface area contributed by atoms with Crippen molar-refractivity contribution in [2.45, 2.75) is 12.7 Å². The maximum absolute atomic E-state index is 5.95. The molecule has 0 N–H and O–H groups in total. The van der Waals surface area contributed by atoms with Gasteiger partial charge in [0.05, 0.1) is 24.6 Å². The molecular formula is C17H16IN3OS. The third-order valence-corrected chi connectivity index (χ3v) is 5.27. The molecule has 6 heteroatoms. The standard InChI is InChI=1S/C17H16IN3OS/c18-16-10-21(23)17-15(16)6-13(7-19-17)20-8-14(9-20)22-11-12-4-2-1-3-5-12/h1-7,10,14,23H,8-9,11H2. The molecule has 118 valence electrons. The lowest BCUT2D eigenvalue weighted by Crippen LogP contribution is -2.52. The summed E-state index contributed by atoms with van der Waals surface area (Å²) in [4.78, 5) is 6.82. The molecule has 1 aromatic carbocycles. The molecule has 4 nitrogen and oxygen atoms in total. The molecule has 1 saturated heterocycles. The lowest BCUT2D eigenvalue weighted by molar-refractivity contribution is 0.0224. The Kier molecular flexibility index (Phi) is 4.21. The van der Waals surface area contributed by atoms with Crippen molar-refractivity contribution in [1.29, 1.82) is 0 Å². The maximum Gasteiger partial charge on any atom is 0.150 e. The van der Waals surface area contributed by atoms with E-state index in [4.69, 9.17) is 4.74 Å². The lowest BCUT2D eigenvalue weighted by atomic mass is 10.1. The SMILES string of the molecule is Sn1cc(I)c2cc(N3CC(OCc4ccccc4)C3)cnc21. The Labute approximate surface area is 154 Å².